The van der Waals surface area contributed by atoms with Crippen LogP contribution >= 0.6 is 0 Å². The summed E-state index contributed by atoms with van der Waals surface area (Å²) in [7, 11) is 0. The Kier molecular flexibility index (Phi) is 6.20. The van der Waals surface area contributed by atoms with E-state index in [9.17, 15) is 27.6 Å². The number of aromatic nitrogens is 4. The van der Waals surface area contributed by atoms with Crippen LogP contribution in [0.4, 0.5) is 35.1 Å². The van der Waals surface area contributed by atoms with Gasteiger partial charge in [-0.25, -0.2) is 22.5 Å². The van der Waals surface area contributed by atoms with Gasteiger partial charge in [0.2, 0.25) is 5.95 Å². The van der Waals surface area contributed by atoms with Gasteiger partial charge in [0.15, 0.2) is 5.82 Å². The Bertz CT molecular complexity index is 1530. The Morgan fingerprint density at radius 2 is 1.80 bits per heavy atom. The second kappa shape index (κ2) is 9.26. The van der Waals surface area contributed by atoms with E-state index in [2.05, 4.69) is 20.3 Å². The molecular formula is C22H16F4N8O. The number of nitrogens with two attached hydrogens (primary N) is 2. The number of nitrogens with zero attached hydrogens (tertiary/aromatic N) is 5. The highest BCUT2D eigenvalue weighted by atomic mass is 19.3. The molecule has 0 amide bonds. The fourth-order valence-corrected chi connectivity index (χ4v) is 3.61. The first-order chi connectivity index (χ1) is 16.7. The van der Waals surface area contributed by atoms with Crippen molar-refractivity contribution in [3.05, 3.63) is 75.3 Å². The zero-order chi connectivity index (χ0) is 25.3. The first-order valence-electron chi connectivity index (χ1n) is 10.1. The van der Waals surface area contributed by atoms with Crippen LogP contribution in [0.15, 0.2) is 41.2 Å². The number of alkyl halides is 2. The molecule has 0 spiro atoms. The van der Waals surface area contributed by atoms with E-state index in [1.54, 1.807) is 0 Å². The Hall–Kier alpha value is -4.73. The van der Waals surface area contributed by atoms with Crippen LogP contribution in [0.1, 0.15) is 23.4 Å². The van der Waals surface area contributed by atoms with E-state index < -0.39 is 29.2 Å². The largest absolute Gasteiger partial charge is 0.382 e. The number of rotatable bonds is 6. The molecule has 4 rings (SSSR count). The van der Waals surface area contributed by atoms with Crippen LogP contribution in [-0.4, -0.2) is 26.1 Å². The van der Waals surface area contributed by atoms with E-state index in [1.807, 2.05) is 6.07 Å². The molecule has 0 radical (unpaired) electrons. The standard InChI is InChI=1S/C22H16F4N8O/c23-10-6-11(24)8-12(7-10)34-16(4-5-30-20-14(9-27)19(28)32-22(29)33-20)31-15-3-1-2-13(18(25)26)17(15)21(34)35/h1-3,6-8,18H,4-5H2,(H5,28,29,30,32,33). The molecule has 5 N–H and O–H groups in total. The lowest BCUT2D eigenvalue weighted by Crippen LogP contribution is -2.26. The van der Waals surface area contributed by atoms with Crippen molar-refractivity contribution in [2.75, 3.05) is 23.3 Å². The average molecular weight is 484 g/mol. The number of nitriles is 1. The van der Waals surface area contributed by atoms with Gasteiger partial charge in [-0.3, -0.25) is 9.36 Å². The van der Waals surface area contributed by atoms with E-state index >= 15 is 0 Å². The number of benzene rings is 2. The van der Waals surface area contributed by atoms with Crippen molar-refractivity contribution in [3.63, 3.8) is 0 Å². The Morgan fingerprint density at radius 3 is 2.46 bits per heavy atom. The molecule has 0 unspecified atom stereocenters. The molecule has 178 valence electrons. The van der Waals surface area contributed by atoms with Crippen LogP contribution < -0.4 is 22.3 Å². The number of halogens is 4. The van der Waals surface area contributed by atoms with Gasteiger partial charge < -0.3 is 16.8 Å². The summed E-state index contributed by atoms with van der Waals surface area (Å²) in [5.74, 6) is -2.21. The highest BCUT2D eigenvalue weighted by molar-refractivity contribution is 5.82. The fourth-order valence-electron chi connectivity index (χ4n) is 3.61. The topological polar surface area (TPSA) is 149 Å². The molecule has 0 aliphatic rings. The van der Waals surface area contributed by atoms with Crippen molar-refractivity contribution < 1.29 is 17.6 Å². The number of hydrogen-bond acceptors (Lipinski definition) is 8. The first-order valence-corrected chi connectivity index (χ1v) is 10.1. The number of fused-ring (bicyclic) bond motifs is 1. The van der Waals surface area contributed by atoms with Crippen LogP contribution in [-0.2, 0) is 6.42 Å². The minimum absolute atomic E-state index is 0.00879. The molecule has 2 aromatic carbocycles. The lowest BCUT2D eigenvalue weighted by Gasteiger charge is -2.16. The minimum Gasteiger partial charge on any atom is -0.382 e. The maximum Gasteiger partial charge on any atom is 0.266 e. The summed E-state index contributed by atoms with van der Waals surface area (Å²) in [6, 6.07) is 8.03. The van der Waals surface area contributed by atoms with Gasteiger partial charge in [0, 0.05) is 24.6 Å². The van der Waals surface area contributed by atoms with Gasteiger partial charge in [-0.15, -0.1) is 0 Å². The van der Waals surface area contributed by atoms with Crippen LogP contribution in [0, 0.1) is 23.0 Å². The lowest BCUT2D eigenvalue weighted by molar-refractivity contribution is 0.153. The third kappa shape index (κ3) is 4.54. The van der Waals surface area contributed by atoms with Gasteiger partial charge >= 0.3 is 0 Å². The van der Waals surface area contributed by atoms with Gasteiger partial charge in [-0.05, 0) is 18.2 Å². The average Bonchev–Trinajstić information content (AvgIpc) is 2.77. The summed E-state index contributed by atoms with van der Waals surface area (Å²) in [4.78, 5) is 25.3. The molecule has 0 saturated heterocycles. The van der Waals surface area contributed by atoms with Gasteiger partial charge in [0.25, 0.3) is 12.0 Å². The predicted molar refractivity (Wildman–Crippen MR) is 120 cm³/mol. The maximum atomic E-state index is 14.0. The Labute approximate surface area is 194 Å². The first kappa shape index (κ1) is 23.4. The van der Waals surface area contributed by atoms with Crippen molar-refractivity contribution >= 4 is 28.5 Å². The van der Waals surface area contributed by atoms with Crippen LogP contribution in [0.25, 0.3) is 16.6 Å². The molecule has 13 heteroatoms. The SMILES string of the molecule is N#Cc1c(N)nc(N)nc1NCCc1nc2cccc(C(F)F)c2c(=O)n1-c1cc(F)cc(F)c1. The summed E-state index contributed by atoms with van der Waals surface area (Å²) < 4.78 is 56.0. The minimum atomic E-state index is -2.98. The molecule has 0 atom stereocenters. The van der Waals surface area contributed by atoms with Gasteiger partial charge in [0.05, 0.1) is 16.6 Å². The predicted octanol–water partition coefficient (Wildman–Crippen LogP) is 3.08. The molecule has 0 aliphatic heterocycles. The summed E-state index contributed by atoms with van der Waals surface area (Å²) in [6.07, 6.45) is -3.02. The summed E-state index contributed by atoms with van der Waals surface area (Å²) in [5.41, 5.74) is 9.49. The molecule has 0 fully saturated rings. The molecule has 0 saturated carbocycles. The monoisotopic (exact) mass is 484 g/mol. The Balaban J connectivity index is 1.83. The molecule has 9 nitrogen and oxygen atoms in total. The highest BCUT2D eigenvalue weighted by Crippen LogP contribution is 2.26. The second-order valence-electron chi connectivity index (χ2n) is 7.32. The molecule has 4 aromatic rings. The number of hydrogen-bond donors (Lipinski definition) is 3. The smallest absolute Gasteiger partial charge is 0.266 e. The van der Waals surface area contributed by atoms with E-state index in [-0.39, 0.29) is 58.5 Å². The molecular weight excluding hydrogens is 468 g/mol. The van der Waals surface area contributed by atoms with Gasteiger partial charge in [-0.1, -0.05) is 12.1 Å². The quantitative estimate of drug-likeness (QED) is 0.354. The third-order valence-corrected chi connectivity index (χ3v) is 5.05. The van der Waals surface area contributed by atoms with Crippen LogP contribution in [0.5, 0.6) is 0 Å². The Morgan fingerprint density at radius 1 is 1.09 bits per heavy atom. The molecule has 2 aromatic heterocycles. The normalized spacial score (nSPS) is 11.1. The van der Waals surface area contributed by atoms with Crippen molar-refractivity contribution in [2.24, 2.45) is 0 Å². The zero-order valence-corrected chi connectivity index (χ0v) is 17.8. The molecule has 0 bridgehead atoms. The lowest BCUT2D eigenvalue weighted by atomic mass is 10.1. The van der Waals surface area contributed by atoms with Crippen LogP contribution in [0.3, 0.4) is 0 Å². The molecule has 2 heterocycles. The van der Waals surface area contributed by atoms with Crippen molar-refractivity contribution in [1.29, 1.82) is 5.26 Å². The second-order valence-corrected chi connectivity index (χ2v) is 7.32. The summed E-state index contributed by atoms with van der Waals surface area (Å²) in [6.45, 7) is 0.00879. The number of nitrogen functional groups attached to an aromatic ring is 2. The maximum absolute atomic E-state index is 14.0. The van der Waals surface area contributed by atoms with Gasteiger partial charge in [0.1, 0.15) is 34.9 Å². The highest BCUT2D eigenvalue weighted by Gasteiger charge is 2.20. The fraction of sp³-hybridized carbons (Fsp3) is 0.136. The van der Waals surface area contributed by atoms with Crippen molar-refractivity contribution in [1.82, 2.24) is 19.5 Å². The zero-order valence-electron chi connectivity index (χ0n) is 17.8. The van der Waals surface area contributed by atoms with E-state index in [4.69, 9.17) is 11.5 Å². The number of anilines is 3. The molecule has 35 heavy (non-hydrogen) atoms. The summed E-state index contributed by atoms with van der Waals surface area (Å²) >= 11 is 0. The van der Waals surface area contributed by atoms with Crippen LogP contribution in [0.2, 0.25) is 0 Å². The van der Waals surface area contributed by atoms with E-state index in [1.165, 1.54) is 12.1 Å². The van der Waals surface area contributed by atoms with Gasteiger partial charge in [-0.2, -0.15) is 15.2 Å². The van der Waals surface area contributed by atoms with Crippen molar-refractivity contribution in [2.45, 2.75) is 12.8 Å². The summed E-state index contributed by atoms with van der Waals surface area (Å²) in [5, 5.41) is 11.8. The van der Waals surface area contributed by atoms with E-state index in [0.29, 0.717) is 6.07 Å². The molecule has 0 aliphatic carbocycles. The third-order valence-electron chi connectivity index (χ3n) is 5.05. The van der Waals surface area contributed by atoms with Crippen molar-refractivity contribution in [3.8, 4) is 11.8 Å². The van der Waals surface area contributed by atoms with E-state index in [0.717, 1.165) is 22.8 Å². The number of nitrogens with one attached hydrogen (secondary N) is 1.